The molecule has 0 spiro atoms. The number of aromatic nitrogens is 2. The van der Waals surface area contributed by atoms with Crippen LogP contribution in [0.5, 0.6) is 0 Å². The number of rotatable bonds is 6. The highest BCUT2D eigenvalue weighted by molar-refractivity contribution is 7.10. The van der Waals surface area contributed by atoms with Crippen molar-refractivity contribution in [2.24, 2.45) is 5.41 Å². The lowest BCUT2D eigenvalue weighted by molar-refractivity contribution is -0.124. The lowest BCUT2D eigenvalue weighted by Crippen LogP contribution is -2.38. The first kappa shape index (κ1) is 15.3. The summed E-state index contributed by atoms with van der Waals surface area (Å²) in [5, 5.41) is 5.20. The van der Waals surface area contributed by atoms with Crippen molar-refractivity contribution in [1.29, 1.82) is 0 Å². The molecular formula is C17H23N3OS. The summed E-state index contributed by atoms with van der Waals surface area (Å²) in [5.74, 6) is 1.20. The van der Waals surface area contributed by atoms with E-state index in [2.05, 4.69) is 40.2 Å². The van der Waals surface area contributed by atoms with Gasteiger partial charge < -0.3 is 9.88 Å². The molecule has 4 nitrogen and oxygen atoms in total. The Hall–Kier alpha value is -1.62. The second-order valence-corrected chi connectivity index (χ2v) is 7.67. The average molecular weight is 317 g/mol. The minimum Gasteiger partial charge on any atom is -0.355 e. The van der Waals surface area contributed by atoms with Gasteiger partial charge in [0.15, 0.2) is 0 Å². The molecule has 2 aromatic heterocycles. The maximum Gasteiger partial charge on any atom is 0.232 e. The lowest BCUT2D eigenvalue weighted by atomic mass is 9.93. The zero-order valence-electron chi connectivity index (χ0n) is 13.4. The van der Waals surface area contributed by atoms with Gasteiger partial charge >= 0.3 is 0 Å². The van der Waals surface area contributed by atoms with E-state index in [1.165, 1.54) is 4.88 Å². The second kappa shape index (κ2) is 5.54. The fourth-order valence-electron chi connectivity index (χ4n) is 3.30. The van der Waals surface area contributed by atoms with E-state index >= 15 is 0 Å². The SMILES string of the molecule is Cc1nccn1CCCNC(=O)[C@@]1(c2cccs2)CC1(C)C. The van der Waals surface area contributed by atoms with Crippen LogP contribution in [0.4, 0.5) is 0 Å². The third-order valence-corrected chi connectivity index (χ3v) is 5.88. The van der Waals surface area contributed by atoms with E-state index < -0.39 is 0 Å². The van der Waals surface area contributed by atoms with Gasteiger partial charge in [0.1, 0.15) is 5.82 Å². The monoisotopic (exact) mass is 317 g/mol. The molecule has 0 aliphatic heterocycles. The molecule has 1 fully saturated rings. The number of amides is 1. The summed E-state index contributed by atoms with van der Waals surface area (Å²) in [4.78, 5) is 18.2. The molecule has 0 aromatic carbocycles. The van der Waals surface area contributed by atoms with Gasteiger partial charge in [0.25, 0.3) is 0 Å². The van der Waals surface area contributed by atoms with E-state index in [1.54, 1.807) is 11.3 Å². The number of carbonyl (C=O) groups excluding carboxylic acids is 1. The zero-order valence-corrected chi connectivity index (χ0v) is 14.2. The van der Waals surface area contributed by atoms with Crippen LogP contribution in [0.2, 0.25) is 0 Å². The van der Waals surface area contributed by atoms with E-state index in [1.807, 2.05) is 25.4 Å². The molecule has 118 valence electrons. The molecule has 0 saturated heterocycles. The lowest BCUT2D eigenvalue weighted by Gasteiger charge is -2.19. The molecule has 1 amide bonds. The molecule has 0 unspecified atom stereocenters. The summed E-state index contributed by atoms with van der Waals surface area (Å²) in [5.41, 5.74) is -0.255. The molecular weight excluding hydrogens is 294 g/mol. The Morgan fingerprint density at radius 3 is 2.82 bits per heavy atom. The number of nitrogens with zero attached hydrogens (tertiary/aromatic N) is 2. The molecule has 1 N–H and O–H groups in total. The van der Waals surface area contributed by atoms with Gasteiger partial charge in [0, 0.05) is 30.4 Å². The van der Waals surface area contributed by atoms with Crippen LogP contribution in [-0.4, -0.2) is 22.0 Å². The van der Waals surface area contributed by atoms with Gasteiger partial charge in [-0.3, -0.25) is 4.79 Å². The van der Waals surface area contributed by atoms with Gasteiger partial charge in [0.2, 0.25) is 5.91 Å². The molecule has 2 aromatic rings. The van der Waals surface area contributed by atoms with Crippen molar-refractivity contribution in [1.82, 2.24) is 14.9 Å². The van der Waals surface area contributed by atoms with E-state index in [0.29, 0.717) is 6.54 Å². The first-order valence-electron chi connectivity index (χ1n) is 7.77. The normalized spacial score (nSPS) is 22.5. The molecule has 0 bridgehead atoms. The van der Waals surface area contributed by atoms with Crippen molar-refractivity contribution in [2.75, 3.05) is 6.54 Å². The summed E-state index contributed by atoms with van der Waals surface area (Å²) < 4.78 is 2.11. The van der Waals surface area contributed by atoms with Crippen molar-refractivity contribution >= 4 is 17.2 Å². The fourth-order valence-corrected chi connectivity index (χ4v) is 4.41. The van der Waals surface area contributed by atoms with Crippen LogP contribution in [0.15, 0.2) is 29.9 Å². The highest BCUT2D eigenvalue weighted by Crippen LogP contribution is 2.65. The maximum atomic E-state index is 12.7. The molecule has 3 rings (SSSR count). The predicted molar refractivity (Wildman–Crippen MR) is 89.0 cm³/mol. The van der Waals surface area contributed by atoms with Gasteiger partial charge in [-0.1, -0.05) is 19.9 Å². The number of nitrogens with one attached hydrogen (secondary N) is 1. The van der Waals surface area contributed by atoms with Crippen LogP contribution in [0.1, 0.15) is 37.4 Å². The van der Waals surface area contributed by atoms with Gasteiger partial charge in [0.05, 0.1) is 5.41 Å². The fraction of sp³-hybridized carbons (Fsp3) is 0.529. The average Bonchev–Trinajstić information content (AvgIpc) is 2.91. The Balaban J connectivity index is 1.57. The van der Waals surface area contributed by atoms with Gasteiger partial charge in [-0.05, 0) is 36.6 Å². The topological polar surface area (TPSA) is 46.9 Å². The van der Waals surface area contributed by atoms with E-state index in [-0.39, 0.29) is 16.7 Å². The number of hydrogen-bond acceptors (Lipinski definition) is 3. The van der Waals surface area contributed by atoms with Crippen molar-refractivity contribution in [3.05, 3.63) is 40.6 Å². The summed E-state index contributed by atoms with van der Waals surface area (Å²) in [6.45, 7) is 7.96. The van der Waals surface area contributed by atoms with Gasteiger partial charge in [-0.25, -0.2) is 4.98 Å². The molecule has 0 radical (unpaired) electrons. The Bertz CT molecular complexity index is 659. The van der Waals surface area contributed by atoms with E-state index in [4.69, 9.17) is 0 Å². The van der Waals surface area contributed by atoms with Crippen LogP contribution in [0.3, 0.4) is 0 Å². The van der Waals surface area contributed by atoms with E-state index in [9.17, 15) is 4.79 Å². The standard InChI is InChI=1S/C17H23N3OS/c1-13-18-8-10-20(13)9-5-7-19-15(21)17(12-16(17,2)3)14-6-4-11-22-14/h4,6,8,10-11H,5,7,9,12H2,1-3H3,(H,19,21)/t17-/m0/s1. The Kier molecular flexibility index (Phi) is 3.85. The van der Waals surface area contributed by atoms with Crippen molar-refractivity contribution < 1.29 is 4.79 Å². The smallest absolute Gasteiger partial charge is 0.232 e. The van der Waals surface area contributed by atoms with Gasteiger partial charge in [-0.15, -0.1) is 11.3 Å². The minimum absolute atomic E-state index is 0.0584. The predicted octanol–water partition coefficient (Wildman–Crippen LogP) is 3.13. The molecule has 5 heteroatoms. The zero-order chi connectivity index (χ0) is 15.8. The number of imidazole rings is 1. The van der Waals surface area contributed by atoms with Crippen LogP contribution in [0.25, 0.3) is 0 Å². The number of thiophene rings is 1. The Morgan fingerprint density at radius 1 is 1.50 bits per heavy atom. The largest absolute Gasteiger partial charge is 0.355 e. The number of carbonyl (C=O) groups is 1. The number of aryl methyl sites for hydroxylation is 2. The molecule has 1 aliphatic rings. The third kappa shape index (κ3) is 2.47. The summed E-state index contributed by atoms with van der Waals surface area (Å²) in [6.07, 6.45) is 5.65. The molecule has 1 atom stereocenters. The summed E-state index contributed by atoms with van der Waals surface area (Å²) in [7, 11) is 0. The molecule has 1 aliphatic carbocycles. The molecule has 2 heterocycles. The molecule has 22 heavy (non-hydrogen) atoms. The first-order chi connectivity index (χ1) is 10.5. The highest BCUT2D eigenvalue weighted by Gasteiger charge is 2.67. The first-order valence-corrected chi connectivity index (χ1v) is 8.65. The van der Waals surface area contributed by atoms with Crippen molar-refractivity contribution in [3.8, 4) is 0 Å². The van der Waals surface area contributed by atoms with Crippen molar-refractivity contribution in [2.45, 2.75) is 45.6 Å². The van der Waals surface area contributed by atoms with Crippen LogP contribution < -0.4 is 5.32 Å². The second-order valence-electron chi connectivity index (χ2n) is 6.72. The summed E-state index contributed by atoms with van der Waals surface area (Å²) >= 11 is 1.69. The molecule has 1 saturated carbocycles. The Morgan fingerprint density at radius 2 is 2.27 bits per heavy atom. The third-order valence-electron chi connectivity index (χ3n) is 4.85. The van der Waals surface area contributed by atoms with E-state index in [0.717, 1.165) is 25.2 Å². The minimum atomic E-state index is -0.313. The number of hydrogen-bond donors (Lipinski definition) is 1. The summed E-state index contributed by atoms with van der Waals surface area (Å²) in [6, 6.07) is 4.12. The van der Waals surface area contributed by atoms with Crippen LogP contribution >= 0.6 is 11.3 Å². The van der Waals surface area contributed by atoms with Crippen molar-refractivity contribution in [3.63, 3.8) is 0 Å². The maximum absolute atomic E-state index is 12.7. The van der Waals surface area contributed by atoms with Gasteiger partial charge in [-0.2, -0.15) is 0 Å². The Labute approximate surface area is 135 Å². The highest BCUT2D eigenvalue weighted by atomic mass is 32.1. The quantitative estimate of drug-likeness (QED) is 0.832. The van der Waals surface area contributed by atoms with Crippen LogP contribution in [-0.2, 0) is 16.8 Å². The van der Waals surface area contributed by atoms with Crippen LogP contribution in [0, 0.1) is 12.3 Å².